The van der Waals surface area contributed by atoms with Crippen molar-refractivity contribution in [1.29, 1.82) is 0 Å². The number of aliphatic hydroxyl groups excluding tert-OH is 1. The van der Waals surface area contributed by atoms with Gasteiger partial charge in [-0.2, -0.15) is 0 Å². The minimum atomic E-state index is 0.0786. The third-order valence-electron chi connectivity index (χ3n) is 2.74. The molecule has 0 amide bonds. The molecule has 3 N–H and O–H groups in total. The molecule has 17 heavy (non-hydrogen) atoms. The Balaban J connectivity index is 2.65. The van der Waals surface area contributed by atoms with Gasteiger partial charge in [-0.1, -0.05) is 42.5 Å². The van der Waals surface area contributed by atoms with Gasteiger partial charge in [-0.05, 0) is 19.0 Å². The summed E-state index contributed by atoms with van der Waals surface area (Å²) in [5.41, 5.74) is 6.95. The van der Waals surface area contributed by atoms with Crippen molar-refractivity contribution in [3.63, 3.8) is 0 Å². The van der Waals surface area contributed by atoms with Crippen LogP contribution >= 0.6 is 12.2 Å². The van der Waals surface area contributed by atoms with E-state index in [9.17, 15) is 0 Å². The molecular formula is C13H20N2OS. The summed E-state index contributed by atoms with van der Waals surface area (Å²) < 4.78 is 0. The van der Waals surface area contributed by atoms with Crippen LogP contribution in [0.1, 0.15) is 17.9 Å². The molecule has 0 saturated carbocycles. The van der Waals surface area contributed by atoms with E-state index in [1.54, 1.807) is 0 Å². The summed E-state index contributed by atoms with van der Waals surface area (Å²) in [6, 6.07) is 10.1. The topological polar surface area (TPSA) is 49.5 Å². The van der Waals surface area contributed by atoms with Gasteiger partial charge in [-0.25, -0.2) is 0 Å². The number of benzene rings is 1. The number of hydrogen-bond donors (Lipinski definition) is 2. The molecule has 0 aliphatic rings. The highest BCUT2D eigenvalue weighted by Gasteiger charge is 2.16. The van der Waals surface area contributed by atoms with Crippen LogP contribution in [0.2, 0.25) is 0 Å². The number of hydrogen-bond acceptors (Lipinski definition) is 3. The van der Waals surface area contributed by atoms with E-state index < -0.39 is 0 Å². The summed E-state index contributed by atoms with van der Waals surface area (Å²) in [6.45, 7) is 1.86. The third-order valence-corrected chi connectivity index (χ3v) is 3.02. The van der Waals surface area contributed by atoms with Crippen molar-refractivity contribution in [3.8, 4) is 0 Å². The average molecular weight is 252 g/mol. The molecule has 0 aliphatic heterocycles. The summed E-state index contributed by atoms with van der Waals surface area (Å²) in [7, 11) is 2.02. The van der Waals surface area contributed by atoms with E-state index in [1.807, 2.05) is 37.4 Å². The van der Waals surface area contributed by atoms with Gasteiger partial charge < -0.3 is 15.7 Å². The summed E-state index contributed by atoms with van der Waals surface area (Å²) in [4.78, 5) is 2.67. The standard InChI is InChI=1S/C13H20N2OS/c1-15(8-5-9-16)10-12(13(14)17)11-6-3-2-4-7-11/h2-4,6-7,12,16H,5,8-10H2,1H3,(H2,14,17). The van der Waals surface area contributed by atoms with Crippen molar-refractivity contribution in [2.24, 2.45) is 5.73 Å². The molecule has 0 spiro atoms. The molecule has 0 aromatic heterocycles. The Labute approximate surface area is 108 Å². The molecule has 3 nitrogen and oxygen atoms in total. The Bertz CT molecular complexity index is 343. The Morgan fingerprint density at radius 2 is 2.06 bits per heavy atom. The molecule has 0 aliphatic carbocycles. The SMILES string of the molecule is CN(CCCO)CC(C(N)=S)c1ccccc1. The van der Waals surface area contributed by atoms with Crippen LogP contribution in [-0.2, 0) is 0 Å². The Hall–Kier alpha value is -0.970. The molecule has 1 aromatic rings. The Morgan fingerprint density at radius 1 is 1.41 bits per heavy atom. The van der Waals surface area contributed by atoms with Gasteiger partial charge in [0, 0.05) is 25.6 Å². The van der Waals surface area contributed by atoms with Crippen molar-refractivity contribution >= 4 is 17.2 Å². The molecular weight excluding hydrogens is 232 g/mol. The fourth-order valence-electron chi connectivity index (χ4n) is 1.79. The Morgan fingerprint density at radius 3 is 2.59 bits per heavy atom. The zero-order valence-electron chi connectivity index (χ0n) is 10.2. The van der Waals surface area contributed by atoms with Crippen LogP contribution < -0.4 is 5.73 Å². The quantitative estimate of drug-likeness (QED) is 0.720. The highest BCUT2D eigenvalue weighted by Crippen LogP contribution is 2.17. The van der Waals surface area contributed by atoms with E-state index in [0.29, 0.717) is 4.99 Å². The first-order valence-electron chi connectivity index (χ1n) is 5.78. The van der Waals surface area contributed by atoms with Crippen molar-refractivity contribution in [2.45, 2.75) is 12.3 Å². The molecule has 0 bridgehead atoms. The van der Waals surface area contributed by atoms with E-state index in [4.69, 9.17) is 23.1 Å². The lowest BCUT2D eigenvalue weighted by molar-refractivity contribution is 0.246. The molecule has 0 radical (unpaired) electrons. The van der Waals surface area contributed by atoms with E-state index in [0.717, 1.165) is 25.1 Å². The molecule has 0 heterocycles. The molecule has 0 fully saturated rings. The maximum atomic E-state index is 8.80. The van der Waals surface area contributed by atoms with Gasteiger partial charge in [0.05, 0.1) is 4.99 Å². The molecule has 1 rings (SSSR count). The molecule has 1 unspecified atom stereocenters. The Kier molecular flexibility index (Phi) is 6.11. The van der Waals surface area contributed by atoms with E-state index in [-0.39, 0.29) is 12.5 Å². The normalized spacial score (nSPS) is 12.6. The highest BCUT2D eigenvalue weighted by atomic mass is 32.1. The van der Waals surface area contributed by atoms with Gasteiger partial charge >= 0.3 is 0 Å². The second kappa shape index (κ2) is 7.37. The van der Waals surface area contributed by atoms with Crippen LogP contribution in [0.25, 0.3) is 0 Å². The minimum absolute atomic E-state index is 0.0786. The van der Waals surface area contributed by atoms with Gasteiger partial charge in [0.15, 0.2) is 0 Å². The highest BCUT2D eigenvalue weighted by molar-refractivity contribution is 7.80. The smallest absolute Gasteiger partial charge is 0.0816 e. The van der Waals surface area contributed by atoms with Crippen molar-refractivity contribution < 1.29 is 5.11 Å². The predicted molar refractivity (Wildman–Crippen MR) is 75.2 cm³/mol. The lowest BCUT2D eigenvalue weighted by Gasteiger charge is -2.23. The molecule has 0 saturated heterocycles. The van der Waals surface area contributed by atoms with Gasteiger partial charge in [0.2, 0.25) is 0 Å². The predicted octanol–water partition coefficient (Wildman–Crippen LogP) is 1.37. The number of nitrogens with zero attached hydrogens (tertiary/aromatic N) is 1. The van der Waals surface area contributed by atoms with Crippen LogP contribution in [0.4, 0.5) is 0 Å². The summed E-state index contributed by atoms with van der Waals surface area (Å²) in [6.07, 6.45) is 0.773. The van der Waals surface area contributed by atoms with Gasteiger partial charge in [-0.3, -0.25) is 0 Å². The van der Waals surface area contributed by atoms with Crippen LogP contribution in [-0.4, -0.2) is 41.7 Å². The molecule has 1 aromatic carbocycles. The maximum Gasteiger partial charge on any atom is 0.0816 e. The number of aliphatic hydroxyl groups is 1. The summed E-state index contributed by atoms with van der Waals surface area (Å²) >= 11 is 5.13. The van der Waals surface area contributed by atoms with E-state index in [2.05, 4.69) is 4.90 Å². The van der Waals surface area contributed by atoms with E-state index >= 15 is 0 Å². The first-order chi connectivity index (χ1) is 8.15. The van der Waals surface area contributed by atoms with Crippen LogP contribution in [0, 0.1) is 0 Å². The van der Waals surface area contributed by atoms with Crippen LogP contribution in [0.5, 0.6) is 0 Å². The lowest BCUT2D eigenvalue weighted by atomic mass is 9.98. The number of nitrogens with two attached hydrogens (primary N) is 1. The first-order valence-corrected chi connectivity index (χ1v) is 6.19. The maximum absolute atomic E-state index is 8.80. The van der Waals surface area contributed by atoms with Crippen LogP contribution in [0.3, 0.4) is 0 Å². The zero-order chi connectivity index (χ0) is 12.7. The minimum Gasteiger partial charge on any atom is -0.396 e. The molecule has 94 valence electrons. The molecule has 1 atom stereocenters. The average Bonchev–Trinajstić information content (AvgIpc) is 2.34. The number of thiocarbonyl (C=S) groups is 1. The fourth-order valence-corrected chi connectivity index (χ4v) is 2.00. The van der Waals surface area contributed by atoms with Gasteiger partial charge in [0.1, 0.15) is 0 Å². The van der Waals surface area contributed by atoms with Crippen molar-refractivity contribution in [1.82, 2.24) is 4.90 Å². The second-order valence-electron chi connectivity index (χ2n) is 4.21. The zero-order valence-corrected chi connectivity index (χ0v) is 11.0. The number of rotatable bonds is 7. The van der Waals surface area contributed by atoms with Crippen LogP contribution in [0.15, 0.2) is 30.3 Å². The second-order valence-corrected chi connectivity index (χ2v) is 4.68. The number of likely N-dealkylation sites (N-methyl/N-ethyl adjacent to an activating group) is 1. The molecule has 4 heteroatoms. The lowest BCUT2D eigenvalue weighted by Crippen LogP contribution is -2.32. The summed E-state index contributed by atoms with van der Waals surface area (Å²) in [5.74, 6) is 0.0786. The largest absolute Gasteiger partial charge is 0.396 e. The van der Waals surface area contributed by atoms with Gasteiger partial charge in [-0.15, -0.1) is 0 Å². The fraction of sp³-hybridized carbons (Fsp3) is 0.462. The van der Waals surface area contributed by atoms with Gasteiger partial charge in [0.25, 0.3) is 0 Å². The first kappa shape index (κ1) is 14.1. The summed E-state index contributed by atoms with van der Waals surface area (Å²) in [5, 5.41) is 8.80. The van der Waals surface area contributed by atoms with Crippen molar-refractivity contribution in [3.05, 3.63) is 35.9 Å². The van der Waals surface area contributed by atoms with E-state index in [1.165, 1.54) is 0 Å². The van der Waals surface area contributed by atoms with Crippen molar-refractivity contribution in [2.75, 3.05) is 26.7 Å². The monoisotopic (exact) mass is 252 g/mol. The third kappa shape index (κ3) is 4.81.